The standard InChI is InChI=1S/C5H4N6O2.2Re/c6-3-9-4(7-1-12)11-5(10-3)8-2-13;;/h(H4,6,7,8,9,10,11,12,13);;/q-2;;. The molecule has 2 radical (unpaired) electrons. The van der Waals surface area contributed by atoms with Crippen LogP contribution in [-0.4, -0.2) is 27.8 Å². The van der Waals surface area contributed by atoms with Crippen molar-refractivity contribution in [1.82, 2.24) is 15.0 Å². The maximum absolute atomic E-state index is 9.88. The molecule has 1 heterocycles. The van der Waals surface area contributed by atoms with Crippen LogP contribution < -0.4 is 16.4 Å². The van der Waals surface area contributed by atoms with Crippen LogP contribution in [0.25, 0.3) is 0 Å². The van der Waals surface area contributed by atoms with Crippen LogP contribution in [0.15, 0.2) is 0 Å². The Labute approximate surface area is 112 Å². The summed E-state index contributed by atoms with van der Waals surface area (Å²) in [6, 6.07) is 0. The van der Waals surface area contributed by atoms with E-state index in [4.69, 9.17) is 5.73 Å². The quantitative estimate of drug-likeness (QED) is 0.306. The van der Waals surface area contributed by atoms with E-state index in [1.807, 2.05) is 10.6 Å². The fourth-order valence-electron chi connectivity index (χ4n) is 0.595. The normalized spacial score (nSPS) is 7.73. The third-order valence-electron chi connectivity index (χ3n) is 0.978. The van der Waals surface area contributed by atoms with Crippen LogP contribution in [-0.2, 0) is 50.4 Å². The second-order valence-electron chi connectivity index (χ2n) is 1.79. The van der Waals surface area contributed by atoms with Crippen molar-refractivity contribution in [2.45, 2.75) is 0 Å². The van der Waals surface area contributed by atoms with Gasteiger partial charge >= 0.3 is 0 Å². The van der Waals surface area contributed by atoms with Crippen molar-refractivity contribution in [1.29, 1.82) is 0 Å². The molecule has 0 aromatic carbocycles. The van der Waals surface area contributed by atoms with Crippen LogP contribution in [0, 0.1) is 0 Å². The molecule has 0 saturated heterocycles. The zero-order valence-electron chi connectivity index (χ0n) is 6.99. The molecule has 0 saturated carbocycles. The number of amides is 2. The van der Waals surface area contributed by atoms with E-state index >= 15 is 0 Å². The van der Waals surface area contributed by atoms with Gasteiger partial charge in [0, 0.05) is 40.8 Å². The van der Waals surface area contributed by atoms with Crippen LogP contribution in [0.1, 0.15) is 0 Å². The van der Waals surface area contributed by atoms with E-state index in [-0.39, 0.29) is 58.7 Å². The molecule has 8 nitrogen and oxygen atoms in total. The summed E-state index contributed by atoms with van der Waals surface area (Å²) in [5.41, 5.74) is 5.22. The van der Waals surface area contributed by atoms with Gasteiger partial charge in [-0.15, -0.1) is 0 Å². The van der Waals surface area contributed by atoms with Crippen molar-refractivity contribution in [2.75, 3.05) is 16.4 Å². The number of carbonyl (C=O) groups excluding carboxylic acids is 2. The van der Waals surface area contributed by atoms with Gasteiger partial charge in [0.2, 0.25) is 0 Å². The van der Waals surface area contributed by atoms with E-state index in [0.717, 1.165) is 0 Å². The van der Waals surface area contributed by atoms with E-state index in [9.17, 15) is 9.59 Å². The number of nitrogen functional groups attached to an aromatic ring is 1. The van der Waals surface area contributed by atoms with Gasteiger partial charge < -0.3 is 30.9 Å². The third-order valence-corrected chi connectivity index (χ3v) is 0.978. The fraction of sp³-hybridized carbons (Fsp3) is 0. The van der Waals surface area contributed by atoms with E-state index in [1.54, 1.807) is 0 Å². The average molecular weight is 553 g/mol. The number of anilines is 3. The first kappa shape index (κ1) is 16.5. The van der Waals surface area contributed by atoms with Crippen molar-refractivity contribution in [3.63, 3.8) is 0 Å². The van der Waals surface area contributed by atoms with Crippen molar-refractivity contribution in [3.05, 3.63) is 0 Å². The van der Waals surface area contributed by atoms with Gasteiger partial charge in [-0.3, -0.25) is 9.97 Å². The SMILES string of the molecule is Nc1nc(N[C-]=O)nc(N[C-]=O)n1.[Re].[Re]. The summed E-state index contributed by atoms with van der Waals surface area (Å²) in [7, 11) is 0. The molecule has 0 spiro atoms. The number of hydrogen-bond acceptors (Lipinski definition) is 6. The first-order valence-electron chi connectivity index (χ1n) is 3.04. The Morgan fingerprint density at radius 3 is 1.67 bits per heavy atom. The molecule has 15 heavy (non-hydrogen) atoms. The summed E-state index contributed by atoms with van der Waals surface area (Å²) >= 11 is 0. The van der Waals surface area contributed by atoms with Crippen molar-refractivity contribution in [2.24, 2.45) is 0 Å². The number of nitrogens with one attached hydrogen (secondary N) is 2. The fourth-order valence-corrected chi connectivity index (χ4v) is 0.595. The van der Waals surface area contributed by atoms with E-state index < -0.39 is 0 Å². The van der Waals surface area contributed by atoms with Crippen LogP contribution in [0.2, 0.25) is 0 Å². The van der Waals surface area contributed by atoms with Crippen LogP contribution in [0.5, 0.6) is 0 Å². The molecule has 0 bridgehead atoms. The molecule has 10 heteroatoms. The number of hydrogen-bond donors (Lipinski definition) is 3. The van der Waals surface area contributed by atoms with Crippen LogP contribution in [0.4, 0.5) is 17.8 Å². The summed E-state index contributed by atoms with van der Waals surface area (Å²) in [6.45, 7) is 0. The monoisotopic (exact) mass is 554 g/mol. The minimum Gasteiger partial charge on any atom is -0.461 e. The zero-order valence-corrected chi connectivity index (χ0v) is 12.4. The molecule has 82 valence electrons. The van der Waals surface area contributed by atoms with Gasteiger partial charge in [-0.25, -0.2) is 0 Å². The number of aromatic nitrogens is 3. The molecule has 0 aliphatic heterocycles. The van der Waals surface area contributed by atoms with Crippen LogP contribution >= 0.6 is 0 Å². The van der Waals surface area contributed by atoms with Gasteiger partial charge in [0.25, 0.3) is 0 Å². The first-order chi connectivity index (χ1) is 6.26. The molecule has 1 aromatic rings. The van der Waals surface area contributed by atoms with Gasteiger partial charge in [0.05, 0.1) is 24.7 Å². The minimum atomic E-state index is -0.134. The summed E-state index contributed by atoms with van der Waals surface area (Å²) in [5.74, 6) is -0.328. The first-order valence-corrected chi connectivity index (χ1v) is 3.04. The van der Waals surface area contributed by atoms with Gasteiger partial charge in [0.1, 0.15) is 0 Å². The van der Waals surface area contributed by atoms with Gasteiger partial charge in [-0.2, -0.15) is 0 Å². The number of nitrogens with two attached hydrogens (primary N) is 1. The Morgan fingerprint density at radius 2 is 1.33 bits per heavy atom. The van der Waals surface area contributed by atoms with Gasteiger partial charge in [-0.05, 0) is 0 Å². The second kappa shape index (κ2) is 8.39. The maximum atomic E-state index is 9.88. The van der Waals surface area contributed by atoms with Gasteiger partial charge in [-0.1, -0.05) is 0 Å². The van der Waals surface area contributed by atoms with E-state index in [0.29, 0.717) is 0 Å². The number of rotatable bonds is 4. The topological polar surface area (TPSA) is 123 Å². The molecular formula is C5H4N6O2Re2-2. The molecule has 2 amide bonds. The number of nitrogens with zero attached hydrogens (tertiary/aromatic N) is 3. The minimum absolute atomic E-state index is 0. The van der Waals surface area contributed by atoms with E-state index in [1.165, 1.54) is 12.8 Å². The molecule has 0 fully saturated rings. The summed E-state index contributed by atoms with van der Waals surface area (Å²) in [6.07, 6.45) is 2.69. The Morgan fingerprint density at radius 1 is 0.933 bits per heavy atom. The Kier molecular flexibility index (Phi) is 9.23. The molecule has 0 unspecified atom stereocenters. The van der Waals surface area contributed by atoms with E-state index in [2.05, 4.69) is 15.0 Å². The van der Waals surface area contributed by atoms with Gasteiger partial charge in [0.15, 0.2) is 5.95 Å². The maximum Gasteiger partial charge on any atom is 0.189 e. The van der Waals surface area contributed by atoms with Crippen LogP contribution in [0.3, 0.4) is 0 Å². The average Bonchev–Trinajstić information content (AvgIpc) is 2.04. The summed E-state index contributed by atoms with van der Waals surface area (Å²) < 4.78 is 0. The van der Waals surface area contributed by atoms with Crippen molar-refractivity contribution < 1.29 is 50.4 Å². The summed E-state index contributed by atoms with van der Waals surface area (Å²) in [5, 5.41) is 4.06. The van der Waals surface area contributed by atoms with Crippen molar-refractivity contribution >= 4 is 30.7 Å². The Balaban J connectivity index is 0. The third kappa shape index (κ3) is 5.50. The van der Waals surface area contributed by atoms with Crippen molar-refractivity contribution in [3.8, 4) is 0 Å². The second-order valence-corrected chi connectivity index (χ2v) is 1.79. The Hall–Kier alpha value is -0.925. The molecular weight excluding hydrogens is 549 g/mol. The predicted molar refractivity (Wildman–Crippen MR) is 42.9 cm³/mol. The molecule has 0 aliphatic carbocycles. The predicted octanol–water partition coefficient (Wildman–Crippen LogP) is -1.59. The largest absolute Gasteiger partial charge is 0.461 e. The molecule has 4 N–H and O–H groups in total. The Bertz CT molecular complexity index is 307. The molecule has 1 aromatic heterocycles. The smallest absolute Gasteiger partial charge is 0.189 e. The molecule has 0 atom stereocenters. The summed E-state index contributed by atoms with van der Waals surface area (Å²) in [4.78, 5) is 30.4. The molecule has 0 aliphatic rings. The molecule has 1 rings (SSSR count). The zero-order chi connectivity index (χ0) is 9.68.